The van der Waals surface area contributed by atoms with Crippen molar-refractivity contribution in [2.24, 2.45) is 0 Å². The maximum absolute atomic E-state index is 6.14. The summed E-state index contributed by atoms with van der Waals surface area (Å²) >= 11 is 0. The van der Waals surface area contributed by atoms with Crippen molar-refractivity contribution in [1.82, 2.24) is 0 Å². The topological polar surface area (TPSA) is 18.5 Å². The van der Waals surface area contributed by atoms with Crippen molar-refractivity contribution < 1.29 is 9.47 Å². The first-order chi connectivity index (χ1) is 10.8. The summed E-state index contributed by atoms with van der Waals surface area (Å²) in [7, 11) is 0. The Labute approximate surface area is 138 Å². The average molecular weight is 309 g/mol. The highest BCUT2D eigenvalue weighted by Gasteiger charge is 2.33. The lowest BCUT2D eigenvalue weighted by Crippen LogP contribution is -2.38. The largest absolute Gasteiger partial charge is 0.346 e. The third-order valence-electron chi connectivity index (χ3n) is 4.28. The first kappa shape index (κ1) is 19.4. The van der Waals surface area contributed by atoms with Crippen molar-refractivity contribution in [3.05, 3.63) is 24.3 Å². The van der Waals surface area contributed by atoms with E-state index < -0.39 is 0 Å². The van der Waals surface area contributed by atoms with Crippen molar-refractivity contribution in [3.63, 3.8) is 0 Å². The van der Waals surface area contributed by atoms with E-state index in [9.17, 15) is 0 Å². The van der Waals surface area contributed by atoms with Crippen LogP contribution >= 0.6 is 0 Å². The summed E-state index contributed by atoms with van der Waals surface area (Å²) in [4.78, 5) is 0. The van der Waals surface area contributed by atoms with Crippen LogP contribution < -0.4 is 0 Å². The van der Waals surface area contributed by atoms with Gasteiger partial charge in [-0.1, -0.05) is 70.3 Å². The number of hydrogen-bond donors (Lipinski definition) is 0. The molecule has 1 rings (SSSR count). The molecule has 0 spiro atoms. The number of unbranched alkanes of at least 4 members (excludes halogenated alkanes) is 4. The summed E-state index contributed by atoms with van der Waals surface area (Å²) in [6.45, 7) is 5.82. The Morgan fingerprint density at radius 3 is 1.68 bits per heavy atom. The highest BCUT2D eigenvalue weighted by molar-refractivity contribution is 4.86. The van der Waals surface area contributed by atoms with E-state index in [2.05, 4.69) is 38.2 Å². The minimum Gasteiger partial charge on any atom is -0.346 e. The van der Waals surface area contributed by atoms with Gasteiger partial charge in [0.25, 0.3) is 0 Å². The highest BCUT2D eigenvalue weighted by Crippen LogP contribution is 2.32. The van der Waals surface area contributed by atoms with E-state index in [0.29, 0.717) is 13.2 Å². The fourth-order valence-corrected chi connectivity index (χ4v) is 2.84. The third kappa shape index (κ3) is 8.75. The SMILES string of the molecule is CCCCC=CCOC1(OCC=CCCCC)CCCCC1. The smallest absolute Gasteiger partial charge is 0.169 e. The van der Waals surface area contributed by atoms with Crippen molar-refractivity contribution in [2.75, 3.05) is 13.2 Å². The second-order valence-electron chi connectivity index (χ2n) is 6.32. The van der Waals surface area contributed by atoms with E-state index in [-0.39, 0.29) is 5.79 Å². The van der Waals surface area contributed by atoms with Crippen molar-refractivity contribution >= 4 is 0 Å². The minimum absolute atomic E-state index is 0.331. The molecule has 0 aliphatic heterocycles. The van der Waals surface area contributed by atoms with Crippen molar-refractivity contribution in [1.29, 1.82) is 0 Å². The normalized spacial score (nSPS) is 18.5. The zero-order valence-electron chi connectivity index (χ0n) is 14.8. The van der Waals surface area contributed by atoms with E-state index in [1.165, 1.54) is 44.9 Å². The molecule has 0 aromatic rings. The lowest BCUT2D eigenvalue weighted by molar-refractivity contribution is -0.241. The summed E-state index contributed by atoms with van der Waals surface area (Å²) in [5, 5.41) is 0. The monoisotopic (exact) mass is 308 g/mol. The van der Waals surface area contributed by atoms with Crippen LogP contribution in [0.1, 0.15) is 84.5 Å². The van der Waals surface area contributed by atoms with Gasteiger partial charge >= 0.3 is 0 Å². The molecule has 0 saturated heterocycles. The molecule has 0 aromatic heterocycles. The van der Waals surface area contributed by atoms with Crippen LogP contribution in [-0.2, 0) is 9.47 Å². The highest BCUT2D eigenvalue weighted by atomic mass is 16.7. The van der Waals surface area contributed by atoms with E-state index in [1.807, 2.05) is 0 Å². The summed E-state index contributed by atoms with van der Waals surface area (Å²) in [6.07, 6.45) is 22.0. The minimum atomic E-state index is -0.331. The van der Waals surface area contributed by atoms with E-state index in [1.54, 1.807) is 0 Å². The number of ether oxygens (including phenoxy) is 2. The molecule has 128 valence electrons. The van der Waals surface area contributed by atoms with Gasteiger partial charge in [-0.25, -0.2) is 0 Å². The van der Waals surface area contributed by atoms with Crippen LogP contribution in [0.15, 0.2) is 24.3 Å². The quantitative estimate of drug-likeness (QED) is 0.244. The second-order valence-corrected chi connectivity index (χ2v) is 6.32. The van der Waals surface area contributed by atoms with E-state index >= 15 is 0 Å². The van der Waals surface area contributed by atoms with Crippen LogP contribution in [0.3, 0.4) is 0 Å². The maximum atomic E-state index is 6.14. The molecule has 0 radical (unpaired) electrons. The van der Waals surface area contributed by atoms with Crippen LogP contribution in [0, 0.1) is 0 Å². The molecule has 2 heteroatoms. The lowest BCUT2D eigenvalue weighted by Gasteiger charge is -2.36. The molecule has 1 saturated carbocycles. The zero-order chi connectivity index (χ0) is 15.9. The molecular weight excluding hydrogens is 272 g/mol. The van der Waals surface area contributed by atoms with Gasteiger partial charge in [0.1, 0.15) is 0 Å². The summed E-state index contributed by atoms with van der Waals surface area (Å²) in [5.74, 6) is -0.331. The average Bonchev–Trinajstić information content (AvgIpc) is 2.55. The van der Waals surface area contributed by atoms with Gasteiger partial charge in [0.2, 0.25) is 0 Å². The van der Waals surface area contributed by atoms with Crippen LogP contribution in [0.5, 0.6) is 0 Å². The van der Waals surface area contributed by atoms with Crippen LogP contribution in [0.2, 0.25) is 0 Å². The molecule has 0 unspecified atom stereocenters. The summed E-state index contributed by atoms with van der Waals surface area (Å²) in [5.41, 5.74) is 0. The number of hydrogen-bond acceptors (Lipinski definition) is 2. The molecule has 1 aliphatic rings. The van der Waals surface area contributed by atoms with Crippen LogP contribution in [0.4, 0.5) is 0 Å². The molecule has 0 amide bonds. The fraction of sp³-hybridized carbons (Fsp3) is 0.800. The molecule has 22 heavy (non-hydrogen) atoms. The first-order valence-corrected chi connectivity index (χ1v) is 9.41. The Kier molecular flexibility index (Phi) is 11.4. The first-order valence-electron chi connectivity index (χ1n) is 9.41. The predicted molar refractivity (Wildman–Crippen MR) is 95.1 cm³/mol. The van der Waals surface area contributed by atoms with Gasteiger partial charge in [0.05, 0.1) is 13.2 Å². The van der Waals surface area contributed by atoms with Gasteiger partial charge in [-0.2, -0.15) is 0 Å². The maximum Gasteiger partial charge on any atom is 0.169 e. The Hall–Kier alpha value is -0.600. The number of allylic oxidation sites excluding steroid dienone is 2. The van der Waals surface area contributed by atoms with E-state index in [4.69, 9.17) is 9.47 Å². The van der Waals surface area contributed by atoms with Gasteiger partial charge in [-0.15, -0.1) is 0 Å². The molecule has 1 aliphatic carbocycles. The Morgan fingerprint density at radius 1 is 0.727 bits per heavy atom. The van der Waals surface area contributed by atoms with Crippen LogP contribution in [0.25, 0.3) is 0 Å². The summed E-state index contributed by atoms with van der Waals surface area (Å²) in [6, 6.07) is 0. The summed E-state index contributed by atoms with van der Waals surface area (Å²) < 4.78 is 12.3. The van der Waals surface area contributed by atoms with Gasteiger partial charge in [0.15, 0.2) is 5.79 Å². The fourth-order valence-electron chi connectivity index (χ4n) is 2.84. The van der Waals surface area contributed by atoms with E-state index in [0.717, 1.165) is 25.7 Å². The molecule has 0 heterocycles. The second kappa shape index (κ2) is 12.9. The van der Waals surface area contributed by atoms with Crippen LogP contribution in [-0.4, -0.2) is 19.0 Å². The van der Waals surface area contributed by atoms with Crippen molar-refractivity contribution in [2.45, 2.75) is 90.3 Å². The lowest BCUT2D eigenvalue weighted by atomic mass is 9.94. The Bertz CT molecular complexity index is 277. The molecule has 0 bridgehead atoms. The van der Waals surface area contributed by atoms with Crippen molar-refractivity contribution in [3.8, 4) is 0 Å². The van der Waals surface area contributed by atoms with Gasteiger partial charge < -0.3 is 9.47 Å². The van der Waals surface area contributed by atoms with Gasteiger partial charge in [0, 0.05) is 12.8 Å². The Morgan fingerprint density at radius 2 is 1.23 bits per heavy atom. The standard InChI is InChI=1S/C20H36O2/c1-3-5-7-9-14-18-21-20(16-12-11-13-17-20)22-19-15-10-8-6-4-2/h9-10,14-15H,3-8,11-13,16-19H2,1-2H3. The third-order valence-corrected chi connectivity index (χ3v) is 4.28. The predicted octanol–water partition coefficient (Wildman–Crippen LogP) is 6.17. The number of rotatable bonds is 12. The molecular formula is C20H36O2. The molecule has 2 nitrogen and oxygen atoms in total. The molecule has 1 fully saturated rings. The Balaban J connectivity index is 2.31. The van der Waals surface area contributed by atoms with Gasteiger partial charge in [-0.05, 0) is 25.7 Å². The molecule has 0 N–H and O–H groups in total. The molecule has 0 atom stereocenters. The zero-order valence-corrected chi connectivity index (χ0v) is 14.8. The molecule has 0 aromatic carbocycles. The van der Waals surface area contributed by atoms with Gasteiger partial charge in [-0.3, -0.25) is 0 Å².